The molecule has 1 unspecified atom stereocenters. The van der Waals surface area contributed by atoms with Gasteiger partial charge in [-0.15, -0.1) is 0 Å². The smallest absolute Gasteiger partial charge is 0.309 e. The Hall–Kier alpha value is -12.0. The molecule has 4 aliphatic heterocycles. The van der Waals surface area contributed by atoms with Crippen molar-refractivity contribution in [1.29, 1.82) is 0 Å². The lowest BCUT2D eigenvalue weighted by atomic mass is 9.84. The van der Waals surface area contributed by atoms with Gasteiger partial charge in [0.1, 0.15) is 0 Å². The molecule has 17 rings (SSSR count). The first kappa shape index (κ1) is 87.4. The Kier molecular flexibility index (Phi) is 28.7. The van der Waals surface area contributed by atoms with Crippen LogP contribution in [0, 0.1) is 40.9 Å². The van der Waals surface area contributed by atoms with Gasteiger partial charge in [0.15, 0.2) is 0 Å². The first-order valence-electron chi connectivity index (χ1n) is 43.2. The van der Waals surface area contributed by atoms with Crippen molar-refractivity contribution in [1.82, 2.24) is 60.2 Å². The molecule has 0 spiro atoms. The summed E-state index contributed by atoms with van der Waals surface area (Å²) >= 11 is 0. The molecule has 8 heterocycles. The zero-order chi connectivity index (χ0) is 86.3. The maximum atomic E-state index is 11.1. The summed E-state index contributed by atoms with van der Waals surface area (Å²) in [7, 11) is 0. The Morgan fingerprint density at radius 1 is 0.350 bits per heavy atom. The van der Waals surface area contributed by atoms with Crippen LogP contribution in [0.25, 0.3) is 91.4 Å². The number of rotatable bonds is 26. The van der Waals surface area contributed by atoms with Crippen molar-refractivity contribution in [2.45, 2.75) is 158 Å². The van der Waals surface area contributed by atoms with Crippen molar-refractivity contribution in [3.05, 3.63) is 239 Å². The van der Waals surface area contributed by atoms with Crippen molar-refractivity contribution in [2.75, 3.05) is 52.4 Å². The monoisotopic (exact) mass is 1660 g/mol. The van der Waals surface area contributed by atoms with Gasteiger partial charge in [-0.2, -0.15) is 19.9 Å². The molecule has 1 aliphatic carbocycles. The highest BCUT2D eigenvalue weighted by Gasteiger charge is 2.36. The number of carboxylic acids is 4. The summed E-state index contributed by atoms with van der Waals surface area (Å²) in [6, 6.07) is 65.9. The Labute approximate surface area is 718 Å². The van der Waals surface area contributed by atoms with Crippen LogP contribution in [0.3, 0.4) is 0 Å². The Balaban J connectivity index is 0.000000134. The van der Waals surface area contributed by atoms with Gasteiger partial charge >= 0.3 is 23.9 Å². The molecule has 4 N–H and O–H groups in total. The Morgan fingerprint density at radius 3 is 0.927 bits per heavy atom. The lowest BCUT2D eigenvalue weighted by Gasteiger charge is -2.41. The number of carboxylic acid groups (broad SMARTS) is 4. The summed E-state index contributed by atoms with van der Waals surface area (Å²) in [6.07, 6.45) is 11.9. The molecule has 24 nitrogen and oxygen atoms in total. The van der Waals surface area contributed by atoms with Crippen LogP contribution in [0.2, 0.25) is 0 Å². The number of aromatic nitrogens is 8. The molecule has 0 radical (unpaired) electrons. The average Bonchev–Trinajstić information content (AvgIpc) is 1.77. The first-order chi connectivity index (χ1) is 59.3. The fraction of sp³-hybridized carbons (Fsp3) is 0.394. The number of carbonyl (C=O) groups is 4. The molecule has 0 amide bonds. The van der Waals surface area contributed by atoms with Crippen molar-refractivity contribution in [2.24, 2.45) is 40.9 Å². The van der Waals surface area contributed by atoms with Gasteiger partial charge in [-0.1, -0.05) is 234 Å². The molecule has 0 bridgehead atoms. The van der Waals surface area contributed by atoms with Crippen molar-refractivity contribution >= 4 is 23.9 Å². The topological polar surface area (TPSA) is 318 Å². The van der Waals surface area contributed by atoms with E-state index in [4.69, 9.17) is 38.5 Å². The molecule has 12 aromatic rings. The molecule has 5 aliphatic rings. The van der Waals surface area contributed by atoms with E-state index >= 15 is 0 Å². The van der Waals surface area contributed by atoms with E-state index in [1.165, 1.54) is 54.4 Å². The second-order valence-corrected chi connectivity index (χ2v) is 35.7. The van der Waals surface area contributed by atoms with Crippen molar-refractivity contribution < 1.29 is 57.7 Å². The van der Waals surface area contributed by atoms with Gasteiger partial charge in [-0.05, 0) is 194 Å². The van der Waals surface area contributed by atoms with Crippen LogP contribution in [-0.2, 0) is 58.1 Å². The maximum absolute atomic E-state index is 11.1. The molecular weight excluding hydrogens is 1550 g/mol. The van der Waals surface area contributed by atoms with Crippen LogP contribution in [0.4, 0.5) is 0 Å². The summed E-state index contributed by atoms with van der Waals surface area (Å²) < 4.78 is 22.0. The number of likely N-dealkylation sites (tertiary alicyclic amines) is 4. The van der Waals surface area contributed by atoms with E-state index in [0.29, 0.717) is 97.3 Å². The summed E-state index contributed by atoms with van der Waals surface area (Å²) in [5.74, 6) is 2.48. The van der Waals surface area contributed by atoms with Gasteiger partial charge in [-0.3, -0.25) is 38.8 Å². The van der Waals surface area contributed by atoms with E-state index < -0.39 is 23.9 Å². The third kappa shape index (κ3) is 23.9. The number of aliphatic carboxylic acids is 4. The van der Waals surface area contributed by atoms with E-state index in [1.807, 2.05) is 121 Å². The predicted octanol–water partition coefficient (Wildman–Crippen LogP) is 19.4. The van der Waals surface area contributed by atoms with Crippen molar-refractivity contribution in [3.8, 4) is 91.4 Å². The van der Waals surface area contributed by atoms with E-state index in [2.05, 4.69) is 188 Å². The molecule has 8 aromatic carbocycles. The second kappa shape index (κ2) is 40.4. The quantitative estimate of drug-likeness (QED) is 0.0391. The maximum Gasteiger partial charge on any atom is 0.309 e. The minimum atomic E-state index is -0.712. The second-order valence-electron chi connectivity index (χ2n) is 35.7. The minimum absolute atomic E-state index is 0.180. The van der Waals surface area contributed by atoms with Gasteiger partial charge in [0, 0.05) is 103 Å². The van der Waals surface area contributed by atoms with Crippen LogP contribution < -0.4 is 0 Å². The average molecular weight is 1660 g/mol. The summed E-state index contributed by atoms with van der Waals surface area (Å²) in [6.45, 7) is 25.4. The summed E-state index contributed by atoms with van der Waals surface area (Å²) in [5, 5.41) is 53.1. The lowest BCUT2D eigenvalue weighted by molar-refractivity contribution is -0.148. The third-order valence-electron chi connectivity index (χ3n) is 23.7. The highest BCUT2D eigenvalue weighted by Crippen LogP contribution is 2.37. The SMILES string of the molecule is CC(C)(C)Cc1ccc(-c2nc(-c3ccc(CN4CC[C@@H](C(=O)O)C4)cc3)no2)cc1.CC(C)Cc1ccc(-c2nc(-c3ccc(C(C)N4CC(C(=O)O)C4)cc3)no2)cc1.CC(C)Cc1ccc(-c2nc(-c3ccc(CN4CC[C@@H](C(=O)O)C4)cc3)no2)cc1.O=C(O)[C@@H]1CCN(Cc2ccc(-c3noc(-c4ccc(C5CCCCC5)cc4)n3)cc2)C1. The van der Waals surface area contributed by atoms with E-state index in [0.717, 1.165) is 145 Å². The minimum Gasteiger partial charge on any atom is -0.481 e. The van der Waals surface area contributed by atoms with E-state index in [1.54, 1.807) is 0 Å². The zero-order valence-electron chi connectivity index (χ0n) is 71.6. The number of hydrogen-bond acceptors (Lipinski definition) is 20. The number of benzene rings is 8. The highest BCUT2D eigenvalue weighted by molar-refractivity contribution is 5.73. The predicted molar refractivity (Wildman–Crippen MR) is 471 cm³/mol. The standard InChI is InChI=1S/C26H29N3O3.C25H29N3O3.2C24H27N3O3/c30-26(31)23-14-15-29(17-23)16-18-6-8-21(9-7-18)24-27-25(32-28-24)22-12-10-20(11-13-22)19-4-2-1-3-5-19;1-25(2,3)14-17-4-10-20(11-5-17)23-26-22(27-31-23)19-8-6-18(7-9-19)15-28-13-12-21(16-28)24(29)30;1-16(2)13-17-3-9-20(10-4-17)23-25-22(26-30-23)19-7-5-18(6-8-19)14-27-12-11-21(15-27)24(28)29;1-15(2)12-17-4-6-20(7-5-17)23-25-22(26-30-23)19-10-8-18(9-11-19)16(3)27-13-21(14-27)24(28)29/h6-13,19,23H,1-5,14-17H2,(H,30,31);4-11,21H,12-16H2,1-3H3,(H,29,30);3-10,16,21H,11-15H2,1-2H3,(H,28,29);4-11,15-16,21H,12-14H2,1-3H3,(H,28,29)/t23-;2*21-;/m111./s1. The zero-order valence-corrected chi connectivity index (χ0v) is 71.6. The molecule has 1 saturated carbocycles. The van der Waals surface area contributed by atoms with Gasteiger partial charge in [0.05, 0.1) is 23.7 Å². The van der Waals surface area contributed by atoms with Crippen LogP contribution >= 0.6 is 0 Å². The molecule has 5 fully saturated rings. The van der Waals surface area contributed by atoms with Gasteiger partial charge < -0.3 is 38.5 Å². The van der Waals surface area contributed by atoms with Crippen LogP contribution in [0.1, 0.15) is 163 Å². The van der Waals surface area contributed by atoms with Gasteiger partial charge in [0.25, 0.3) is 23.6 Å². The molecule has 4 aromatic heterocycles. The van der Waals surface area contributed by atoms with Crippen LogP contribution in [-0.4, -0.2) is 157 Å². The normalized spacial score (nSPS) is 17.5. The van der Waals surface area contributed by atoms with Crippen LogP contribution in [0.15, 0.2) is 212 Å². The molecule has 24 heteroatoms. The number of hydrogen-bond donors (Lipinski definition) is 4. The summed E-state index contributed by atoms with van der Waals surface area (Å²) in [5.41, 5.74) is 17.4. The molecule has 4 saturated heterocycles. The Morgan fingerprint density at radius 2 is 0.634 bits per heavy atom. The molecule has 640 valence electrons. The van der Waals surface area contributed by atoms with Gasteiger partial charge in [0.2, 0.25) is 23.3 Å². The largest absolute Gasteiger partial charge is 0.481 e. The summed E-state index contributed by atoms with van der Waals surface area (Å²) in [4.78, 5) is 71.4. The fourth-order valence-electron chi connectivity index (χ4n) is 16.7. The van der Waals surface area contributed by atoms with E-state index in [-0.39, 0.29) is 35.1 Å². The lowest BCUT2D eigenvalue weighted by Crippen LogP contribution is -2.51. The first-order valence-corrected chi connectivity index (χ1v) is 43.2. The molecule has 123 heavy (non-hydrogen) atoms. The Bertz CT molecular complexity index is 5440. The van der Waals surface area contributed by atoms with E-state index in [9.17, 15) is 19.2 Å². The van der Waals surface area contributed by atoms with Crippen LogP contribution in [0.5, 0.6) is 0 Å². The molecular formula is C99H112N12O12. The highest BCUT2D eigenvalue weighted by atomic mass is 16.5. The molecule has 4 atom stereocenters. The third-order valence-corrected chi connectivity index (χ3v) is 23.7. The fourth-order valence-corrected chi connectivity index (χ4v) is 16.7. The van der Waals surface area contributed by atoms with Crippen molar-refractivity contribution in [3.63, 3.8) is 0 Å². The van der Waals surface area contributed by atoms with Gasteiger partial charge in [-0.25, -0.2) is 0 Å². The number of nitrogens with zero attached hydrogens (tertiary/aromatic N) is 12.